The molecule has 2 rings (SSSR count). The van der Waals surface area contributed by atoms with Crippen molar-refractivity contribution < 1.29 is 0 Å². The highest BCUT2D eigenvalue weighted by Crippen LogP contribution is 2.38. The highest BCUT2D eigenvalue weighted by atomic mass is 14.3. The number of hydrogen-bond acceptors (Lipinski definition) is 0. The normalized spacial score (nSPS) is 30.0. The molecule has 0 heterocycles. The summed E-state index contributed by atoms with van der Waals surface area (Å²) in [6, 6.07) is 0. The molecule has 0 heteroatoms. The molecule has 0 spiro atoms. The van der Waals surface area contributed by atoms with Crippen molar-refractivity contribution in [2.75, 3.05) is 0 Å². The van der Waals surface area contributed by atoms with Gasteiger partial charge >= 0.3 is 0 Å². The summed E-state index contributed by atoms with van der Waals surface area (Å²) in [6.45, 7) is 0. The van der Waals surface area contributed by atoms with Gasteiger partial charge in [0.05, 0.1) is 0 Å². The van der Waals surface area contributed by atoms with Crippen molar-refractivity contribution in [2.45, 2.75) is 38.5 Å². The minimum absolute atomic E-state index is 0.975. The van der Waals surface area contributed by atoms with Crippen LogP contribution in [0, 0.1) is 24.7 Å². The van der Waals surface area contributed by atoms with Crippen LogP contribution in [-0.2, 0) is 0 Å². The molecule has 0 saturated heterocycles. The van der Waals surface area contributed by atoms with E-state index in [0.29, 0.717) is 0 Å². The second-order valence-corrected chi connectivity index (χ2v) is 3.66. The molecule has 0 nitrogen and oxygen atoms in total. The first-order valence-corrected chi connectivity index (χ1v) is 4.63. The molecule has 0 aliphatic heterocycles. The topological polar surface area (TPSA) is 0 Å². The summed E-state index contributed by atoms with van der Waals surface area (Å²) in [5.41, 5.74) is 0. The first-order valence-electron chi connectivity index (χ1n) is 4.63. The smallest absolute Gasteiger partial charge is 0.0352 e. The highest BCUT2D eigenvalue weighted by molar-refractivity contribution is 4.96. The van der Waals surface area contributed by atoms with Crippen LogP contribution in [0.15, 0.2) is 0 Å². The zero-order valence-corrected chi connectivity index (χ0v) is 6.55. The first kappa shape index (κ1) is 6.69. The Bertz CT molecular complexity index is 80.6. The summed E-state index contributed by atoms with van der Waals surface area (Å²) in [4.78, 5) is 0. The van der Waals surface area contributed by atoms with E-state index in [-0.39, 0.29) is 0 Å². The Morgan fingerprint density at radius 1 is 0.800 bits per heavy atom. The standard InChI is InChI=1S/C10H16/c1-2-6-9(5-1)10-7-3-4-8-10/h5,7,9-10H,1-4,6,8H2. The molecule has 2 aliphatic carbocycles. The van der Waals surface area contributed by atoms with E-state index >= 15 is 0 Å². The summed E-state index contributed by atoms with van der Waals surface area (Å²) >= 11 is 0. The van der Waals surface area contributed by atoms with Crippen molar-refractivity contribution in [3.05, 3.63) is 12.8 Å². The Balaban J connectivity index is 1.85. The van der Waals surface area contributed by atoms with Gasteiger partial charge in [-0.2, -0.15) is 0 Å². The van der Waals surface area contributed by atoms with Crippen molar-refractivity contribution in [1.29, 1.82) is 0 Å². The summed E-state index contributed by atoms with van der Waals surface area (Å²) in [5.74, 6) is 1.95. The van der Waals surface area contributed by atoms with E-state index in [2.05, 4.69) is 12.8 Å². The minimum Gasteiger partial charge on any atom is -0.0527 e. The SMILES string of the molecule is [CH]1CCCC1C1[CH]CCC1. The monoisotopic (exact) mass is 136 g/mol. The number of hydrogen-bond donors (Lipinski definition) is 0. The third-order valence-corrected chi connectivity index (χ3v) is 2.97. The van der Waals surface area contributed by atoms with Crippen LogP contribution in [0.3, 0.4) is 0 Å². The van der Waals surface area contributed by atoms with Crippen molar-refractivity contribution >= 4 is 0 Å². The lowest BCUT2D eigenvalue weighted by Crippen LogP contribution is -2.07. The van der Waals surface area contributed by atoms with Crippen LogP contribution in [0.25, 0.3) is 0 Å². The summed E-state index contributed by atoms with van der Waals surface area (Å²) in [7, 11) is 0. The predicted molar refractivity (Wildman–Crippen MR) is 43.3 cm³/mol. The molecule has 56 valence electrons. The maximum atomic E-state index is 2.55. The Morgan fingerprint density at radius 2 is 1.30 bits per heavy atom. The Hall–Kier alpha value is 0. The average molecular weight is 136 g/mol. The van der Waals surface area contributed by atoms with Gasteiger partial charge in [0.15, 0.2) is 0 Å². The summed E-state index contributed by atoms with van der Waals surface area (Å²) in [6.07, 6.45) is 13.7. The lowest BCUT2D eigenvalue weighted by atomic mass is 9.90. The maximum Gasteiger partial charge on any atom is -0.0352 e. The molecule has 2 fully saturated rings. The molecule has 0 bridgehead atoms. The van der Waals surface area contributed by atoms with E-state index in [9.17, 15) is 0 Å². The van der Waals surface area contributed by atoms with Gasteiger partial charge in [0.1, 0.15) is 0 Å². The van der Waals surface area contributed by atoms with E-state index in [0.717, 1.165) is 11.8 Å². The number of rotatable bonds is 1. The fourth-order valence-electron chi connectivity index (χ4n) is 2.38. The third kappa shape index (κ3) is 1.21. The van der Waals surface area contributed by atoms with E-state index in [1.807, 2.05) is 0 Å². The van der Waals surface area contributed by atoms with Gasteiger partial charge in [0.2, 0.25) is 0 Å². The highest BCUT2D eigenvalue weighted by Gasteiger charge is 2.27. The van der Waals surface area contributed by atoms with Gasteiger partial charge in [0.25, 0.3) is 0 Å². The zero-order valence-electron chi connectivity index (χ0n) is 6.55. The molecular formula is C10H16. The van der Waals surface area contributed by atoms with Crippen LogP contribution in [0.5, 0.6) is 0 Å². The fourth-order valence-corrected chi connectivity index (χ4v) is 2.38. The van der Waals surface area contributed by atoms with Gasteiger partial charge in [-0.3, -0.25) is 0 Å². The van der Waals surface area contributed by atoms with E-state index in [4.69, 9.17) is 0 Å². The third-order valence-electron chi connectivity index (χ3n) is 2.97. The van der Waals surface area contributed by atoms with Gasteiger partial charge < -0.3 is 0 Å². The van der Waals surface area contributed by atoms with Crippen LogP contribution in [0.1, 0.15) is 38.5 Å². The van der Waals surface area contributed by atoms with Gasteiger partial charge in [-0.1, -0.05) is 12.8 Å². The van der Waals surface area contributed by atoms with E-state index < -0.39 is 0 Å². The lowest BCUT2D eigenvalue weighted by Gasteiger charge is -2.15. The Labute approximate surface area is 64.0 Å². The summed E-state index contributed by atoms with van der Waals surface area (Å²) < 4.78 is 0. The molecule has 0 aromatic rings. The maximum absolute atomic E-state index is 2.55. The van der Waals surface area contributed by atoms with Gasteiger partial charge in [-0.15, -0.1) is 0 Å². The quantitative estimate of drug-likeness (QED) is 0.520. The van der Waals surface area contributed by atoms with Crippen LogP contribution in [0.2, 0.25) is 0 Å². The van der Waals surface area contributed by atoms with E-state index in [1.54, 1.807) is 0 Å². The second-order valence-electron chi connectivity index (χ2n) is 3.66. The Morgan fingerprint density at radius 3 is 1.60 bits per heavy atom. The van der Waals surface area contributed by atoms with Crippen LogP contribution in [-0.4, -0.2) is 0 Å². The molecule has 0 amide bonds. The van der Waals surface area contributed by atoms with Crippen molar-refractivity contribution in [2.24, 2.45) is 11.8 Å². The van der Waals surface area contributed by atoms with Crippen molar-refractivity contribution in [1.82, 2.24) is 0 Å². The molecule has 2 unspecified atom stereocenters. The van der Waals surface area contributed by atoms with Crippen LogP contribution >= 0.6 is 0 Å². The molecule has 0 aromatic carbocycles. The van der Waals surface area contributed by atoms with Gasteiger partial charge in [0, 0.05) is 0 Å². The minimum atomic E-state index is 0.975. The molecule has 10 heavy (non-hydrogen) atoms. The predicted octanol–water partition coefficient (Wildman–Crippen LogP) is 3.00. The zero-order chi connectivity index (χ0) is 6.81. The van der Waals surface area contributed by atoms with Crippen molar-refractivity contribution in [3.63, 3.8) is 0 Å². The molecule has 2 atom stereocenters. The van der Waals surface area contributed by atoms with Crippen LogP contribution < -0.4 is 0 Å². The lowest BCUT2D eigenvalue weighted by molar-refractivity contribution is 0.441. The second kappa shape index (κ2) is 2.94. The molecule has 0 N–H and O–H groups in total. The largest absolute Gasteiger partial charge is 0.0527 e. The molecule has 0 aromatic heterocycles. The molecular weight excluding hydrogens is 120 g/mol. The first-order chi connectivity index (χ1) is 4.97. The van der Waals surface area contributed by atoms with E-state index in [1.165, 1.54) is 38.5 Å². The molecule has 2 aliphatic rings. The van der Waals surface area contributed by atoms with Gasteiger partial charge in [-0.25, -0.2) is 0 Å². The fraction of sp³-hybridized carbons (Fsp3) is 0.800. The Kier molecular flexibility index (Phi) is 1.97. The van der Waals surface area contributed by atoms with Gasteiger partial charge in [-0.05, 0) is 50.4 Å². The molecule has 2 radical (unpaired) electrons. The summed E-state index contributed by atoms with van der Waals surface area (Å²) in [5, 5.41) is 0. The molecule has 2 saturated carbocycles. The van der Waals surface area contributed by atoms with Crippen LogP contribution in [0.4, 0.5) is 0 Å². The van der Waals surface area contributed by atoms with Crippen molar-refractivity contribution in [3.8, 4) is 0 Å². The average Bonchev–Trinajstić information content (AvgIpc) is 2.59.